The van der Waals surface area contributed by atoms with Crippen LogP contribution >= 0.6 is 11.3 Å². The third-order valence-corrected chi connectivity index (χ3v) is 3.50. The predicted molar refractivity (Wildman–Crippen MR) is 68.6 cm³/mol. The molecule has 0 aliphatic rings. The van der Waals surface area contributed by atoms with Crippen molar-refractivity contribution in [3.8, 4) is 0 Å². The minimum atomic E-state index is -0.338. The molecule has 0 fully saturated rings. The van der Waals surface area contributed by atoms with Crippen molar-refractivity contribution < 1.29 is 9.21 Å². The van der Waals surface area contributed by atoms with Gasteiger partial charge in [0.15, 0.2) is 0 Å². The van der Waals surface area contributed by atoms with E-state index in [1.807, 2.05) is 38.3 Å². The summed E-state index contributed by atoms with van der Waals surface area (Å²) >= 11 is 1.60. The van der Waals surface area contributed by atoms with E-state index in [0.29, 0.717) is 5.89 Å². The monoisotopic (exact) mass is 265 g/mol. The fraction of sp³-hybridized carbons (Fsp3) is 0.417. The van der Waals surface area contributed by atoms with Gasteiger partial charge in [-0.25, -0.2) is 0 Å². The number of carbonyl (C=O) groups excluding carboxylic acids is 1. The standard InChI is InChI=1S/C12H15N3O2S/c1-7(2)11-14-15-12(17-11)10(16)13-8(3)9-5-4-6-18-9/h4-8H,1-3H3,(H,13,16)/t8-/m1/s1. The molecule has 0 aromatic carbocycles. The molecule has 1 amide bonds. The number of carbonyl (C=O) groups is 1. The zero-order chi connectivity index (χ0) is 13.1. The SMILES string of the molecule is CC(C)c1nnc(C(=O)N[C@H](C)c2cccs2)o1. The maximum absolute atomic E-state index is 11.9. The molecule has 0 spiro atoms. The molecule has 0 saturated carbocycles. The number of hydrogen-bond acceptors (Lipinski definition) is 5. The van der Waals surface area contributed by atoms with E-state index in [9.17, 15) is 4.79 Å². The summed E-state index contributed by atoms with van der Waals surface area (Å²) in [6, 6.07) is 3.86. The van der Waals surface area contributed by atoms with Gasteiger partial charge in [0.05, 0.1) is 6.04 Å². The molecule has 6 heteroatoms. The molecule has 0 aliphatic heterocycles. The summed E-state index contributed by atoms with van der Waals surface area (Å²) in [7, 11) is 0. The highest BCUT2D eigenvalue weighted by atomic mass is 32.1. The topological polar surface area (TPSA) is 68.0 Å². The molecule has 0 aliphatic carbocycles. The Morgan fingerprint density at radius 1 is 1.39 bits per heavy atom. The van der Waals surface area contributed by atoms with Crippen LogP contribution in [-0.2, 0) is 0 Å². The van der Waals surface area contributed by atoms with Crippen molar-refractivity contribution in [3.05, 3.63) is 34.2 Å². The highest BCUT2D eigenvalue weighted by Gasteiger charge is 2.19. The van der Waals surface area contributed by atoms with Crippen molar-refractivity contribution in [3.63, 3.8) is 0 Å². The van der Waals surface area contributed by atoms with Gasteiger partial charge in [-0.1, -0.05) is 19.9 Å². The first-order valence-electron chi connectivity index (χ1n) is 5.75. The molecule has 18 heavy (non-hydrogen) atoms. The van der Waals surface area contributed by atoms with E-state index < -0.39 is 0 Å². The molecular weight excluding hydrogens is 250 g/mol. The Morgan fingerprint density at radius 2 is 2.17 bits per heavy atom. The molecule has 0 radical (unpaired) electrons. The smallest absolute Gasteiger partial charge is 0.309 e. The summed E-state index contributed by atoms with van der Waals surface area (Å²) in [5.41, 5.74) is 0. The van der Waals surface area contributed by atoms with E-state index in [4.69, 9.17) is 4.42 Å². The van der Waals surface area contributed by atoms with Gasteiger partial charge < -0.3 is 9.73 Å². The summed E-state index contributed by atoms with van der Waals surface area (Å²) in [5.74, 6) is 0.273. The second-order valence-electron chi connectivity index (χ2n) is 4.31. The van der Waals surface area contributed by atoms with Crippen LogP contribution in [0.5, 0.6) is 0 Å². The van der Waals surface area contributed by atoms with Crippen LogP contribution in [-0.4, -0.2) is 16.1 Å². The third kappa shape index (κ3) is 2.76. The summed E-state index contributed by atoms with van der Waals surface area (Å²) in [6.45, 7) is 5.79. The lowest BCUT2D eigenvalue weighted by Crippen LogP contribution is -2.26. The number of thiophene rings is 1. The normalized spacial score (nSPS) is 12.7. The van der Waals surface area contributed by atoms with Gasteiger partial charge in [0.25, 0.3) is 0 Å². The van der Waals surface area contributed by atoms with Gasteiger partial charge in [0.2, 0.25) is 5.89 Å². The molecule has 1 atom stereocenters. The van der Waals surface area contributed by atoms with E-state index in [2.05, 4.69) is 15.5 Å². The molecule has 0 bridgehead atoms. The minimum absolute atomic E-state index is 0.0158. The first kappa shape index (κ1) is 12.8. The van der Waals surface area contributed by atoms with E-state index in [-0.39, 0.29) is 23.8 Å². The van der Waals surface area contributed by atoms with Gasteiger partial charge >= 0.3 is 11.8 Å². The summed E-state index contributed by atoms with van der Waals surface area (Å²) in [6.07, 6.45) is 0. The number of nitrogens with zero attached hydrogens (tertiary/aromatic N) is 2. The van der Waals surface area contributed by atoms with Gasteiger partial charge in [0.1, 0.15) is 0 Å². The van der Waals surface area contributed by atoms with Crippen LogP contribution in [0.1, 0.15) is 54.2 Å². The Balaban J connectivity index is 2.03. The number of amides is 1. The average Bonchev–Trinajstić information content (AvgIpc) is 3.00. The highest BCUT2D eigenvalue weighted by Crippen LogP contribution is 2.19. The van der Waals surface area contributed by atoms with E-state index in [0.717, 1.165) is 4.88 Å². The third-order valence-electron chi connectivity index (χ3n) is 2.45. The molecule has 1 N–H and O–H groups in total. The van der Waals surface area contributed by atoms with Crippen LogP contribution in [0.25, 0.3) is 0 Å². The van der Waals surface area contributed by atoms with Crippen LogP contribution in [0.3, 0.4) is 0 Å². The molecule has 0 saturated heterocycles. The molecule has 2 heterocycles. The summed E-state index contributed by atoms with van der Waals surface area (Å²) in [4.78, 5) is 13.0. The summed E-state index contributed by atoms with van der Waals surface area (Å²) in [5, 5.41) is 12.4. The molecule has 96 valence electrons. The van der Waals surface area contributed by atoms with Gasteiger partial charge in [0, 0.05) is 10.8 Å². The first-order chi connectivity index (χ1) is 8.58. The minimum Gasteiger partial charge on any atom is -0.417 e. The lowest BCUT2D eigenvalue weighted by atomic mass is 10.2. The quantitative estimate of drug-likeness (QED) is 0.923. The lowest BCUT2D eigenvalue weighted by Gasteiger charge is -2.09. The van der Waals surface area contributed by atoms with Crippen LogP contribution in [0.4, 0.5) is 0 Å². The van der Waals surface area contributed by atoms with Crippen molar-refractivity contribution >= 4 is 17.2 Å². The van der Waals surface area contributed by atoms with Crippen LogP contribution in [0.2, 0.25) is 0 Å². The average molecular weight is 265 g/mol. The number of hydrogen-bond donors (Lipinski definition) is 1. The van der Waals surface area contributed by atoms with E-state index in [1.165, 1.54) is 0 Å². The highest BCUT2D eigenvalue weighted by molar-refractivity contribution is 7.10. The molecule has 2 rings (SSSR count). The van der Waals surface area contributed by atoms with Crippen molar-refractivity contribution in [2.45, 2.75) is 32.7 Å². The number of aromatic nitrogens is 2. The second-order valence-corrected chi connectivity index (χ2v) is 5.29. The Labute approximate surface area is 109 Å². The predicted octanol–water partition coefficient (Wildman–Crippen LogP) is 2.75. The zero-order valence-corrected chi connectivity index (χ0v) is 11.3. The Bertz CT molecular complexity index is 519. The Morgan fingerprint density at radius 3 is 2.72 bits per heavy atom. The molecule has 2 aromatic heterocycles. The second kappa shape index (κ2) is 5.30. The fourth-order valence-electron chi connectivity index (χ4n) is 1.43. The fourth-order valence-corrected chi connectivity index (χ4v) is 2.16. The number of rotatable bonds is 4. The zero-order valence-electron chi connectivity index (χ0n) is 10.5. The maximum atomic E-state index is 11.9. The van der Waals surface area contributed by atoms with Crippen LogP contribution in [0.15, 0.2) is 21.9 Å². The van der Waals surface area contributed by atoms with Crippen LogP contribution < -0.4 is 5.32 Å². The van der Waals surface area contributed by atoms with E-state index >= 15 is 0 Å². The van der Waals surface area contributed by atoms with Gasteiger partial charge in [-0.05, 0) is 18.4 Å². The van der Waals surface area contributed by atoms with Crippen molar-refractivity contribution in [1.82, 2.24) is 15.5 Å². The van der Waals surface area contributed by atoms with Gasteiger partial charge in [-0.15, -0.1) is 21.5 Å². The van der Waals surface area contributed by atoms with E-state index in [1.54, 1.807) is 11.3 Å². The molecule has 2 aromatic rings. The van der Waals surface area contributed by atoms with Gasteiger partial charge in [-0.2, -0.15) is 0 Å². The van der Waals surface area contributed by atoms with Crippen molar-refractivity contribution in [2.24, 2.45) is 0 Å². The Hall–Kier alpha value is -1.69. The Kier molecular flexibility index (Phi) is 3.76. The largest absolute Gasteiger partial charge is 0.417 e. The first-order valence-corrected chi connectivity index (χ1v) is 6.63. The number of nitrogens with one attached hydrogen (secondary N) is 1. The maximum Gasteiger partial charge on any atom is 0.309 e. The molecular formula is C12H15N3O2S. The van der Waals surface area contributed by atoms with Crippen molar-refractivity contribution in [2.75, 3.05) is 0 Å². The molecule has 0 unspecified atom stereocenters. The van der Waals surface area contributed by atoms with Crippen LogP contribution in [0, 0.1) is 0 Å². The molecule has 5 nitrogen and oxygen atoms in total. The van der Waals surface area contributed by atoms with Gasteiger partial charge in [-0.3, -0.25) is 4.79 Å². The lowest BCUT2D eigenvalue weighted by molar-refractivity contribution is 0.0903. The van der Waals surface area contributed by atoms with Crippen molar-refractivity contribution in [1.29, 1.82) is 0 Å². The summed E-state index contributed by atoms with van der Waals surface area (Å²) < 4.78 is 5.29.